The molecule has 0 spiro atoms. The number of phenols is 1. The van der Waals surface area contributed by atoms with Crippen LogP contribution in [-0.4, -0.2) is 32.2 Å². The van der Waals surface area contributed by atoms with Crippen molar-refractivity contribution in [3.63, 3.8) is 0 Å². The van der Waals surface area contributed by atoms with Gasteiger partial charge in [0.2, 0.25) is 0 Å². The molecule has 0 amide bonds. The zero-order chi connectivity index (χ0) is 30.9. The molecule has 0 saturated heterocycles. The van der Waals surface area contributed by atoms with Crippen LogP contribution < -0.4 is 0 Å². The first kappa shape index (κ1) is 32.0. The third-order valence-electron chi connectivity index (χ3n) is 8.22. The molecule has 0 aliphatic carbocycles. The molecule has 4 rings (SSSR count). The van der Waals surface area contributed by atoms with Crippen LogP contribution in [0.4, 0.5) is 0 Å². The second-order valence-corrected chi connectivity index (χ2v) is 11.4. The fraction of sp³-hybridized carbons (Fsp3) is 0.417. The highest BCUT2D eigenvalue weighted by atomic mass is 16.7. The number of aliphatic hydroxyl groups excluding tert-OH is 1. The molecule has 3 aromatic carbocycles. The Hall–Kier alpha value is -3.97. The zero-order valence-electron chi connectivity index (χ0n) is 25.8. The number of hydrogen-bond donors (Lipinski definition) is 2. The lowest BCUT2D eigenvalue weighted by atomic mass is 9.97. The number of rotatable bonds is 15. The van der Waals surface area contributed by atoms with E-state index in [1.54, 1.807) is 12.1 Å². The summed E-state index contributed by atoms with van der Waals surface area (Å²) >= 11 is 0. The standard InChI is InChI=1S/C36H44N2O5/c1-5-8-10-12-32(37-43-24(4)39)36(42)28-16-20-34-31(22-28)30-21-27(35(41)26-13-17-29(40)18-14-26)15-19-33(30)38(34)23-25(7-3)11-9-6-2/h13-22,25,36,40,42H,5-12,23H2,1-4H3/b37-32+. The minimum absolute atomic E-state index is 0.112. The number of aromatic hydroxyl groups is 1. The lowest BCUT2D eigenvalue weighted by molar-refractivity contribution is -0.141. The highest BCUT2D eigenvalue weighted by molar-refractivity contribution is 6.15. The van der Waals surface area contributed by atoms with Crippen LogP contribution in [-0.2, 0) is 16.2 Å². The van der Waals surface area contributed by atoms with Crippen LogP contribution >= 0.6 is 0 Å². The van der Waals surface area contributed by atoms with Crippen molar-refractivity contribution in [2.45, 2.75) is 91.7 Å². The van der Waals surface area contributed by atoms with Crippen LogP contribution in [0, 0.1) is 5.92 Å². The second kappa shape index (κ2) is 15.0. The van der Waals surface area contributed by atoms with E-state index in [1.165, 1.54) is 25.5 Å². The number of benzene rings is 3. The molecule has 1 heterocycles. The number of ketones is 1. The van der Waals surface area contributed by atoms with Crippen molar-refractivity contribution in [3.8, 4) is 5.75 Å². The minimum Gasteiger partial charge on any atom is -0.508 e. The third kappa shape index (κ3) is 7.71. The van der Waals surface area contributed by atoms with Crippen LogP contribution in [0.5, 0.6) is 5.75 Å². The van der Waals surface area contributed by atoms with Gasteiger partial charge >= 0.3 is 5.97 Å². The molecule has 4 aromatic rings. The Morgan fingerprint density at radius 3 is 2.16 bits per heavy atom. The van der Waals surface area contributed by atoms with Gasteiger partial charge in [0.25, 0.3) is 0 Å². The van der Waals surface area contributed by atoms with Crippen LogP contribution in [0.15, 0.2) is 65.8 Å². The van der Waals surface area contributed by atoms with Crippen LogP contribution in [0.2, 0.25) is 0 Å². The van der Waals surface area contributed by atoms with E-state index in [4.69, 9.17) is 4.84 Å². The first-order valence-corrected chi connectivity index (χ1v) is 15.6. The number of nitrogens with zero attached hydrogens (tertiary/aromatic N) is 2. The minimum atomic E-state index is -1.03. The largest absolute Gasteiger partial charge is 0.508 e. The summed E-state index contributed by atoms with van der Waals surface area (Å²) < 4.78 is 2.34. The Balaban J connectivity index is 1.83. The number of aromatic nitrogens is 1. The molecule has 7 heteroatoms. The van der Waals surface area contributed by atoms with Crippen molar-refractivity contribution in [2.24, 2.45) is 11.1 Å². The van der Waals surface area contributed by atoms with E-state index in [2.05, 4.69) is 30.5 Å². The summed E-state index contributed by atoms with van der Waals surface area (Å²) in [6.07, 6.45) is 6.87. The molecule has 2 atom stereocenters. The summed E-state index contributed by atoms with van der Waals surface area (Å²) in [5.74, 6) is -0.0254. The first-order valence-electron chi connectivity index (χ1n) is 15.6. The average molecular weight is 585 g/mol. The summed E-state index contributed by atoms with van der Waals surface area (Å²) in [7, 11) is 0. The van der Waals surface area contributed by atoms with Gasteiger partial charge in [-0.3, -0.25) is 4.79 Å². The van der Waals surface area contributed by atoms with Crippen LogP contribution in [0.25, 0.3) is 21.8 Å². The van der Waals surface area contributed by atoms with Gasteiger partial charge in [0.05, 0.1) is 5.71 Å². The molecule has 7 nitrogen and oxygen atoms in total. The molecular formula is C36H44N2O5. The fourth-order valence-electron chi connectivity index (χ4n) is 5.69. The van der Waals surface area contributed by atoms with E-state index >= 15 is 0 Å². The second-order valence-electron chi connectivity index (χ2n) is 11.4. The number of hydrogen-bond acceptors (Lipinski definition) is 6. The molecule has 0 saturated carbocycles. The lowest BCUT2D eigenvalue weighted by Gasteiger charge is -2.18. The number of oxime groups is 1. The molecule has 0 aliphatic heterocycles. The van der Waals surface area contributed by atoms with Gasteiger partial charge in [0.15, 0.2) is 5.78 Å². The normalized spacial score (nSPS) is 13.4. The summed E-state index contributed by atoms with van der Waals surface area (Å²) in [6, 6.07) is 18.0. The van der Waals surface area contributed by atoms with E-state index in [-0.39, 0.29) is 11.5 Å². The van der Waals surface area contributed by atoms with Crippen molar-refractivity contribution in [3.05, 3.63) is 77.4 Å². The summed E-state index contributed by atoms with van der Waals surface area (Å²) in [6.45, 7) is 8.71. The number of fused-ring (bicyclic) bond motifs is 3. The molecule has 1 aromatic heterocycles. The molecule has 2 unspecified atom stereocenters. The van der Waals surface area contributed by atoms with Crippen molar-refractivity contribution < 1.29 is 24.6 Å². The van der Waals surface area contributed by atoms with Crippen molar-refractivity contribution >= 4 is 39.3 Å². The van der Waals surface area contributed by atoms with Crippen LogP contribution in [0.1, 0.15) is 107 Å². The summed E-state index contributed by atoms with van der Waals surface area (Å²) in [5.41, 5.74) is 4.21. The van der Waals surface area contributed by atoms with E-state index in [0.717, 1.165) is 66.9 Å². The zero-order valence-corrected chi connectivity index (χ0v) is 25.8. The quantitative estimate of drug-likeness (QED) is 0.0480. The predicted molar refractivity (Wildman–Crippen MR) is 173 cm³/mol. The number of unbranched alkanes of at least 4 members (excludes halogenated alkanes) is 3. The Morgan fingerprint density at radius 1 is 0.860 bits per heavy atom. The number of carbonyl (C=O) groups excluding carboxylic acids is 2. The Bertz CT molecular complexity index is 1590. The maximum atomic E-state index is 13.4. The van der Waals surface area contributed by atoms with Gasteiger partial charge in [-0.1, -0.05) is 64.1 Å². The molecular weight excluding hydrogens is 540 g/mol. The SMILES string of the molecule is CCCCC/C(=N\OC(C)=O)C(O)c1ccc2c(c1)c1cc(C(=O)c3ccc(O)cc3)ccc1n2CC(CC)CCCC. The van der Waals surface area contributed by atoms with Crippen molar-refractivity contribution in [2.75, 3.05) is 0 Å². The lowest BCUT2D eigenvalue weighted by Crippen LogP contribution is -2.14. The molecule has 0 aliphatic rings. The topological polar surface area (TPSA) is 101 Å². The molecule has 0 radical (unpaired) electrons. The monoisotopic (exact) mass is 584 g/mol. The summed E-state index contributed by atoms with van der Waals surface area (Å²) in [4.78, 5) is 29.9. The Morgan fingerprint density at radius 2 is 1.51 bits per heavy atom. The number of phenolic OH excluding ortho intramolecular Hbond substituents is 1. The van der Waals surface area contributed by atoms with Crippen LogP contribution in [0.3, 0.4) is 0 Å². The molecule has 2 N–H and O–H groups in total. The van der Waals surface area contributed by atoms with E-state index < -0.39 is 12.1 Å². The molecule has 0 fully saturated rings. The van der Waals surface area contributed by atoms with E-state index in [0.29, 0.717) is 34.7 Å². The van der Waals surface area contributed by atoms with E-state index in [1.807, 2.05) is 36.4 Å². The van der Waals surface area contributed by atoms with Gasteiger partial charge in [-0.25, -0.2) is 4.79 Å². The average Bonchev–Trinajstić information content (AvgIpc) is 3.32. The number of aliphatic hydroxyl groups is 1. The van der Waals surface area contributed by atoms with Crippen molar-refractivity contribution in [1.82, 2.24) is 4.57 Å². The maximum Gasteiger partial charge on any atom is 0.331 e. The molecule has 43 heavy (non-hydrogen) atoms. The predicted octanol–water partition coefficient (Wildman–Crippen LogP) is 8.48. The van der Waals surface area contributed by atoms with Gasteiger partial charge in [-0.05, 0) is 85.3 Å². The Labute approximate surface area is 254 Å². The van der Waals surface area contributed by atoms with Crippen molar-refractivity contribution in [1.29, 1.82) is 0 Å². The van der Waals surface area contributed by atoms with Gasteiger partial charge in [-0.2, -0.15) is 0 Å². The summed E-state index contributed by atoms with van der Waals surface area (Å²) in [5, 5.41) is 27.0. The molecule has 0 bridgehead atoms. The highest BCUT2D eigenvalue weighted by Crippen LogP contribution is 2.34. The Kier molecular flexibility index (Phi) is 11.1. The highest BCUT2D eigenvalue weighted by Gasteiger charge is 2.21. The van der Waals surface area contributed by atoms with Gasteiger partial charge in [-0.15, -0.1) is 0 Å². The maximum absolute atomic E-state index is 13.4. The molecule has 228 valence electrons. The third-order valence-corrected chi connectivity index (χ3v) is 8.22. The smallest absolute Gasteiger partial charge is 0.331 e. The van der Waals surface area contributed by atoms with Gasteiger partial charge in [0.1, 0.15) is 11.9 Å². The first-order chi connectivity index (χ1) is 20.8. The van der Waals surface area contributed by atoms with Gasteiger partial charge in [0, 0.05) is 46.4 Å². The van der Waals surface area contributed by atoms with Gasteiger partial charge < -0.3 is 19.6 Å². The van der Waals surface area contributed by atoms with E-state index in [9.17, 15) is 19.8 Å². The number of carbonyl (C=O) groups is 2. The fourth-order valence-corrected chi connectivity index (χ4v) is 5.69.